The molecule has 4 nitrogen and oxygen atoms in total. The number of aliphatic hydroxyl groups is 1. The third kappa shape index (κ3) is 5.22. The molecule has 1 N–H and O–H groups in total. The van der Waals surface area contributed by atoms with Gasteiger partial charge in [0.05, 0.1) is 19.7 Å². The first kappa shape index (κ1) is 15.2. The minimum Gasteiger partial charge on any atom is -0.395 e. The van der Waals surface area contributed by atoms with Crippen LogP contribution in [-0.2, 0) is 4.79 Å². The molecule has 0 aromatic rings. The van der Waals surface area contributed by atoms with Crippen molar-refractivity contribution in [3.63, 3.8) is 0 Å². The third-order valence-electron chi connectivity index (χ3n) is 2.83. The molecule has 0 saturated heterocycles. The van der Waals surface area contributed by atoms with Crippen molar-refractivity contribution >= 4 is 5.91 Å². The van der Waals surface area contributed by atoms with Crippen LogP contribution in [0.3, 0.4) is 0 Å². The molecule has 1 saturated carbocycles. The predicted molar refractivity (Wildman–Crippen MR) is 60.0 cm³/mol. The average molecular weight is 268 g/mol. The van der Waals surface area contributed by atoms with Crippen LogP contribution in [0.1, 0.15) is 19.8 Å². The minimum atomic E-state index is -4.36. The number of nitrogens with zero attached hydrogens (tertiary/aromatic N) is 2. The van der Waals surface area contributed by atoms with Gasteiger partial charge in [-0.15, -0.1) is 0 Å². The van der Waals surface area contributed by atoms with Crippen molar-refractivity contribution in [1.82, 2.24) is 9.80 Å². The van der Waals surface area contributed by atoms with Gasteiger partial charge in [-0.3, -0.25) is 9.69 Å². The Balaban J connectivity index is 2.50. The van der Waals surface area contributed by atoms with Crippen LogP contribution >= 0.6 is 0 Å². The molecular weight excluding hydrogens is 249 g/mol. The van der Waals surface area contributed by atoms with Gasteiger partial charge in [-0.2, -0.15) is 13.2 Å². The molecule has 1 amide bonds. The number of aliphatic hydroxyl groups excluding tert-OH is 1. The molecule has 0 aromatic carbocycles. The van der Waals surface area contributed by atoms with Gasteiger partial charge in [-0.1, -0.05) is 0 Å². The summed E-state index contributed by atoms with van der Waals surface area (Å²) in [6.45, 7) is 0.344. The summed E-state index contributed by atoms with van der Waals surface area (Å²) >= 11 is 0. The number of amides is 1. The summed E-state index contributed by atoms with van der Waals surface area (Å²) < 4.78 is 36.9. The molecule has 0 heterocycles. The summed E-state index contributed by atoms with van der Waals surface area (Å²) in [5.41, 5.74) is 0. The van der Waals surface area contributed by atoms with Crippen LogP contribution in [0, 0.1) is 0 Å². The Morgan fingerprint density at radius 1 is 1.39 bits per heavy atom. The van der Waals surface area contributed by atoms with E-state index in [1.807, 2.05) is 6.92 Å². The quantitative estimate of drug-likeness (QED) is 0.744. The molecule has 0 atom stereocenters. The van der Waals surface area contributed by atoms with Gasteiger partial charge in [0.25, 0.3) is 0 Å². The Bertz CT molecular complexity index is 280. The highest BCUT2D eigenvalue weighted by Crippen LogP contribution is 2.26. The largest absolute Gasteiger partial charge is 0.401 e. The van der Waals surface area contributed by atoms with Crippen LogP contribution in [0.2, 0.25) is 0 Å². The van der Waals surface area contributed by atoms with Crippen molar-refractivity contribution in [3.05, 3.63) is 0 Å². The highest BCUT2D eigenvalue weighted by Gasteiger charge is 2.35. The van der Waals surface area contributed by atoms with Crippen LogP contribution < -0.4 is 0 Å². The fourth-order valence-corrected chi connectivity index (χ4v) is 1.92. The van der Waals surface area contributed by atoms with Crippen molar-refractivity contribution in [2.45, 2.75) is 32.0 Å². The van der Waals surface area contributed by atoms with E-state index in [9.17, 15) is 18.0 Å². The van der Waals surface area contributed by atoms with Crippen LogP contribution in [0.25, 0.3) is 0 Å². The molecule has 0 radical (unpaired) electrons. The zero-order valence-corrected chi connectivity index (χ0v) is 10.4. The van der Waals surface area contributed by atoms with Gasteiger partial charge >= 0.3 is 6.18 Å². The van der Waals surface area contributed by atoms with Crippen molar-refractivity contribution in [2.75, 3.05) is 32.8 Å². The number of alkyl halides is 3. The fourth-order valence-electron chi connectivity index (χ4n) is 1.92. The molecule has 106 valence electrons. The summed E-state index contributed by atoms with van der Waals surface area (Å²) in [7, 11) is 0. The maximum absolute atomic E-state index is 12.3. The Hall–Kier alpha value is -0.820. The molecular formula is C11H19F3N2O2. The number of carbonyl (C=O) groups is 1. The lowest BCUT2D eigenvalue weighted by atomic mass is 10.3. The molecule has 0 bridgehead atoms. The highest BCUT2D eigenvalue weighted by atomic mass is 19.4. The zero-order valence-electron chi connectivity index (χ0n) is 10.4. The van der Waals surface area contributed by atoms with Crippen LogP contribution in [-0.4, -0.2) is 65.8 Å². The van der Waals surface area contributed by atoms with E-state index in [-0.39, 0.29) is 31.6 Å². The monoisotopic (exact) mass is 268 g/mol. The summed E-state index contributed by atoms with van der Waals surface area (Å²) in [6, 6.07) is 0.198. The van der Waals surface area contributed by atoms with Gasteiger partial charge in [-0.25, -0.2) is 0 Å². The first-order valence-electron chi connectivity index (χ1n) is 6.06. The maximum atomic E-state index is 12.3. The second kappa shape index (κ2) is 6.38. The second-order valence-corrected chi connectivity index (χ2v) is 4.46. The number of hydrogen-bond acceptors (Lipinski definition) is 3. The maximum Gasteiger partial charge on any atom is 0.401 e. The van der Waals surface area contributed by atoms with Gasteiger partial charge in [0.1, 0.15) is 0 Å². The van der Waals surface area contributed by atoms with Crippen molar-refractivity contribution in [1.29, 1.82) is 0 Å². The molecule has 0 aliphatic heterocycles. The standard InChI is InChI=1S/C11H19F3N2O2/c1-2-16(9-3-4-9)10(18)7-15(5-6-17)8-11(12,13)14/h9,17H,2-8H2,1H3. The molecule has 7 heteroatoms. The normalized spacial score (nSPS) is 16.1. The van der Waals surface area contributed by atoms with Crippen molar-refractivity contribution in [3.8, 4) is 0 Å². The first-order chi connectivity index (χ1) is 8.37. The number of hydrogen-bond donors (Lipinski definition) is 1. The Labute approximate surface area is 104 Å². The molecule has 1 aliphatic carbocycles. The summed E-state index contributed by atoms with van der Waals surface area (Å²) in [4.78, 5) is 14.4. The van der Waals surface area contributed by atoms with E-state index in [1.54, 1.807) is 4.90 Å². The van der Waals surface area contributed by atoms with Gasteiger partial charge in [0, 0.05) is 19.1 Å². The van der Waals surface area contributed by atoms with E-state index in [0.717, 1.165) is 17.7 Å². The number of likely N-dealkylation sites (N-methyl/N-ethyl adjacent to an activating group) is 1. The zero-order chi connectivity index (χ0) is 13.8. The molecule has 1 fully saturated rings. The van der Waals surface area contributed by atoms with Crippen LogP contribution in [0.15, 0.2) is 0 Å². The number of rotatable bonds is 7. The minimum absolute atomic E-state index is 0.145. The van der Waals surface area contributed by atoms with E-state index >= 15 is 0 Å². The highest BCUT2D eigenvalue weighted by molar-refractivity contribution is 5.78. The SMILES string of the molecule is CCN(C(=O)CN(CCO)CC(F)(F)F)C1CC1. The lowest BCUT2D eigenvalue weighted by Gasteiger charge is -2.26. The molecule has 0 unspecified atom stereocenters. The topological polar surface area (TPSA) is 43.8 Å². The van der Waals surface area contributed by atoms with Gasteiger partial charge in [-0.05, 0) is 19.8 Å². The molecule has 18 heavy (non-hydrogen) atoms. The van der Waals surface area contributed by atoms with E-state index in [2.05, 4.69) is 0 Å². The summed E-state index contributed by atoms with van der Waals surface area (Å²) in [5.74, 6) is -0.294. The van der Waals surface area contributed by atoms with Gasteiger partial charge in [0.15, 0.2) is 0 Å². The Morgan fingerprint density at radius 2 is 2.00 bits per heavy atom. The van der Waals surface area contributed by atoms with E-state index in [1.165, 1.54) is 0 Å². The number of carbonyl (C=O) groups excluding carboxylic acids is 1. The van der Waals surface area contributed by atoms with E-state index < -0.39 is 12.7 Å². The molecule has 1 aliphatic rings. The second-order valence-electron chi connectivity index (χ2n) is 4.46. The Kier molecular flexibility index (Phi) is 5.40. The van der Waals surface area contributed by atoms with Gasteiger partial charge < -0.3 is 10.0 Å². The van der Waals surface area contributed by atoms with Crippen molar-refractivity contribution in [2.24, 2.45) is 0 Å². The smallest absolute Gasteiger partial charge is 0.395 e. The molecule has 1 rings (SSSR count). The molecule has 0 spiro atoms. The first-order valence-corrected chi connectivity index (χ1v) is 6.06. The summed E-state index contributed by atoms with van der Waals surface area (Å²) in [5, 5.41) is 8.73. The van der Waals surface area contributed by atoms with Gasteiger partial charge in [0.2, 0.25) is 5.91 Å². The lowest BCUT2D eigenvalue weighted by Crippen LogP contribution is -2.45. The van der Waals surface area contributed by atoms with Crippen LogP contribution in [0.4, 0.5) is 13.2 Å². The molecule has 0 aromatic heterocycles. The lowest BCUT2D eigenvalue weighted by molar-refractivity contribution is -0.152. The van der Waals surface area contributed by atoms with E-state index in [4.69, 9.17) is 5.11 Å². The number of halogens is 3. The van der Waals surface area contributed by atoms with Crippen LogP contribution in [0.5, 0.6) is 0 Å². The van der Waals surface area contributed by atoms with E-state index in [0.29, 0.717) is 6.54 Å². The average Bonchev–Trinajstić information content (AvgIpc) is 3.00. The fraction of sp³-hybridized carbons (Fsp3) is 0.909. The Morgan fingerprint density at radius 3 is 2.39 bits per heavy atom. The van der Waals surface area contributed by atoms with Crippen molar-refractivity contribution < 1.29 is 23.1 Å². The summed E-state index contributed by atoms with van der Waals surface area (Å²) in [6.07, 6.45) is -2.50. The third-order valence-corrected chi connectivity index (χ3v) is 2.83. The predicted octanol–water partition coefficient (Wildman–Crippen LogP) is 0.854.